The van der Waals surface area contributed by atoms with Gasteiger partial charge in [0.2, 0.25) is 0 Å². The Hall–Kier alpha value is -3.78. The smallest absolute Gasteiger partial charge is 0.113 e. The number of anilines is 3. The second kappa shape index (κ2) is 7.92. The average molecular weight is 381 g/mol. The number of hydrogen-bond donors (Lipinski definition) is 0. The molecule has 0 bridgehead atoms. The van der Waals surface area contributed by atoms with E-state index in [1.165, 1.54) is 22.0 Å². The zero-order chi connectivity index (χ0) is 20.3. The summed E-state index contributed by atoms with van der Waals surface area (Å²) in [7, 11) is 5.84. The summed E-state index contributed by atoms with van der Waals surface area (Å²) < 4.78 is 0. The second-order valence-corrected chi connectivity index (χ2v) is 7.34. The Kier molecular flexibility index (Phi) is 4.82. The van der Waals surface area contributed by atoms with Crippen molar-refractivity contribution in [3.05, 3.63) is 121 Å². The topological polar surface area (TPSA) is 3.24 Å². The molecular formula is C28H20BN. The second-order valence-electron chi connectivity index (χ2n) is 7.34. The van der Waals surface area contributed by atoms with E-state index in [9.17, 15) is 0 Å². The number of benzene rings is 5. The quantitative estimate of drug-likeness (QED) is 0.311. The van der Waals surface area contributed by atoms with Crippen LogP contribution in [0, 0.1) is 0 Å². The fourth-order valence-corrected chi connectivity index (χ4v) is 3.89. The number of hydrogen-bond acceptors (Lipinski definition) is 1. The molecule has 5 rings (SSSR count). The van der Waals surface area contributed by atoms with Gasteiger partial charge >= 0.3 is 0 Å². The summed E-state index contributed by atoms with van der Waals surface area (Å²) in [5.74, 6) is 0. The van der Waals surface area contributed by atoms with Gasteiger partial charge in [0.15, 0.2) is 0 Å². The molecule has 0 amide bonds. The number of fused-ring (bicyclic) bond motifs is 1. The van der Waals surface area contributed by atoms with Gasteiger partial charge in [0.25, 0.3) is 0 Å². The first-order chi connectivity index (χ1) is 14.8. The Bertz CT molecular complexity index is 1270. The molecule has 0 spiro atoms. The van der Waals surface area contributed by atoms with Crippen LogP contribution in [0.4, 0.5) is 17.1 Å². The SMILES string of the molecule is [B]c1ccc(-c2ccc(N(c3ccccc3)c3cccc4ccccc34)cc2)cc1. The van der Waals surface area contributed by atoms with Crippen LogP contribution in [-0.2, 0) is 0 Å². The van der Waals surface area contributed by atoms with Crippen molar-refractivity contribution in [2.75, 3.05) is 4.90 Å². The molecule has 0 aliphatic rings. The van der Waals surface area contributed by atoms with Gasteiger partial charge in [-0.05, 0) is 46.8 Å². The first-order valence-electron chi connectivity index (χ1n) is 10.1. The highest BCUT2D eigenvalue weighted by Gasteiger charge is 2.14. The Balaban J connectivity index is 1.63. The van der Waals surface area contributed by atoms with Crippen molar-refractivity contribution in [3.8, 4) is 11.1 Å². The van der Waals surface area contributed by atoms with Gasteiger partial charge in [0.05, 0.1) is 5.69 Å². The summed E-state index contributed by atoms with van der Waals surface area (Å²) in [5, 5.41) is 2.46. The molecule has 2 radical (unpaired) electrons. The van der Waals surface area contributed by atoms with Gasteiger partial charge in [-0.3, -0.25) is 0 Å². The fraction of sp³-hybridized carbons (Fsp3) is 0. The van der Waals surface area contributed by atoms with Crippen LogP contribution in [0.5, 0.6) is 0 Å². The molecule has 0 aliphatic heterocycles. The van der Waals surface area contributed by atoms with Crippen LogP contribution in [0.25, 0.3) is 21.9 Å². The standard InChI is InChI=1S/C28H20BN/c29-24-17-13-21(14-18-24)22-15-19-26(20-16-22)30(25-9-2-1-3-10-25)28-12-6-8-23-7-4-5-11-27(23)28/h1-20H. The number of nitrogens with zero attached hydrogens (tertiary/aromatic N) is 1. The average Bonchev–Trinajstić information content (AvgIpc) is 2.81. The molecule has 140 valence electrons. The first-order valence-corrected chi connectivity index (χ1v) is 10.1. The molecule has 0 atom stereocenters. The van der Waals surface area contributed by atoms with Crippen LogP contribution in [0.15, 0.2) is 121 Å². The largest absolute Gasteiger partial charge is 0.310 e. The van der Waals surface area contributed by atoms with E-state index in [0.29, 0.717) is 0 Å². The third-order valence-electron chi connectivity index (χ3n) is 5.39. The zero-order valence-electron chi connectivity index (χ0n) is 16.6. The molecular weight excluding hydrogens is 361 g/mol. The van der Waals surface area contributed by atoms with Crippen LogP contribution in [0.3, 0.4) is 0 Å². The fourth-order valence-electron chi connectivity index (χ4n) is 3.89. The van der Waals surface area contributed by atoms with Crippen LogP contribution in [0.1, 0.15) is 0 Å². The van der Waals surface area contributed by atoms with E-state index in [1.807, 2.05) is 12.1 Å². The lowest BCUT2D eigenvalue weighted by molar-refractivity contribution is 1.30. The van der Waals surface area contributed by atoms with Gasteiger partial charge in [-0.25, -0.2) is 0 Å². The lowest BCUT2D eigenvalue weighted by atomic mass is 9.93. The van der Waals surface area contributed by atoms with Gasteiger partial charge in [-0.2, -0.15) is 0 Å². The highest BCUT2D eigenvalue weighted by Crippen LogP contribution is 2.39. The number of rotatable bonds is 4. The lowest BCUT2D eigenvalue weighted by Crippen LogP contribution is -2.10. The molecule has 30 heavy (non-hydrogen) atoms. The summed E-state index contributed by atoms with van der Waals surface area (Å²) in [4.78, 5) is 2.31. The molecule has 0 fully saturated rings. The number of para-hydroxylation sites is 1. The highest BCUT2D eigenvalue weighted by atomic mass is 15.1. The molecule has 0 saturated carbocycles. The van der Waals surface area contributed by atoms with E-state index in [0.717, 1.165) is 22.4 Å². The third kappa shape index (κ3) is 3.49. The Morgan fingerprint density at radius 3 is 1.77 bits per heavy atom. The Labute approximate surface area is 178 Å². The van der Waals surface area contributed by atoms with Crippen molar-refractivity contribution in [3.63, 3.8) is 0 Å². The van der Waals surface area contributed by atoms with Gasteiger partial charge in [-0.15, -0.1) is 0 Å². The van der Waals surface area contributed by atoms with Crippen molar-refractivity contribution in [2.45, 2.75) is 0 Å². The Morgan fingerprint density at radius 1 is 0.467 bits per heavy atom. The highest BCUT2D eigenvalue weighted by molar-refractivity contribution is 6.32. The van der Waals surface area contributed by atoms with Gasteiger partial charge in [-0.1, -0.05) is 96.5 Å². The van der Waals surface area contributed by atoms with Crippen LogP contribution >= 0.6 is 0 Å². The predicted octanol–water partition coefficient (Wildman–Crippen LogP) is 6.77. The van der Waals surface area contributed by atoms with Crippen molar-refractivity contribution in [1.82, 2.24) is 0 Å². The van der Waals surface area contributed by atoms with E-state index in [-0.39, 0.29) is 0 Å². The van der Waals surface area contributed by atoms with Crippen molar-refractivity contribution >= 4 is 41.1 Å². The summed E-state index contributed by atoms with van der Waals surface area (Å²) >= 11 is 0. The maximum absolute atomic E-state index is 5.84. The molecule has 0 N–H and O–H groups in total. The summed E-state index contributed by atoms with van der Waals surface area (Å²) in [6.07, 6.45) is 0. The summed E-state index contributed by atoms with van der Waals surface area (Å²) in [5.41, 5.74) is 6.53. The van der Waals surface area contributed by atoms with E-state index in [4.69, 9.17) is 7.85 Å². The minimum absolute atomic E-state index is 0.779. The predicted molar refractivity (Wildman–Crippen MR) is 129 cm³/mol. The van der Waals surface area contributed by atoms with Gasteiger partial charge in [0, 0.05) is 16.8 Å². The molecule has 5 aromatic carbocycles. The zero-order valence-corrected chi connectivity index (χ0v) is 16.6. The van der Waals surface area contributed by atoms with Gasteiger partial charge < -0.3 is 4.90 Å². The Morgan fingerprint density at radius 2 is 1.03 bits per heavy atom. The van der Waals surface area contributed by atoms with Gasteiger partial charge in [0.1, 0.15) is 7.85 Å². The molecule has 1 nitrogen and oxygen atoms in total. The molecule has 5 aromatic rings. The molecule has 0 aromatic heterocycles. The molecule has 0 aliphatic carbocycles. The lowest BCUT2D eigenvalue weighted by Gasteiger charge is -2.27. The molecule has 0 unspecified atom stereocenters. The third-order valence-corrected chi connectivity index (χ3v) is 5.39. The van der Waals surface area contributed by atoms with Crippen molar-refractivity contribution in [2.24, 2.45) is 0 Å². The van der Waals surface area contributed by atoms with Crippen LogP contribution < -0.4 is 10.4 Å². The van der Waals surface area contributed by atoms with Crippen LogP contribution in [0.2, 0.25) is 0 Å². The normalized spacial score (nSPS) is 10.8. The van der Waals surface area contributed by atoms with E-state index in [2.05, 4.69) is 114 Å². The maximum Gasteiger partial charge on any atom is 0.113 e. The van der Waals surface area contributed by atoms with E-state index < -0.39 is 0 Å². The summed E-state index contributed by atoms with van der Waals surface area (Å²) in [6.45, 7) is 0. The van der Waals surface area contributed by atoms with Crippen molar-refractivity contribution in [1.29, 1.82) is 0 Å². The minimum Gasteiger partial charge on any atom is -0.310 e. The summed E-state index contributed by atoms with van der Waals surface area (Å²) in [6, 6.07) is 42.2. The van der Waals surface area contributed by atoms with Crippen LogP contribution in [-0.4, -0.2) is 7.85 Å². The van der Waals surface area contributed by atoms with E-state index >= 15 is 0 Å². The maximum atomic E-state index is 5.84. The van der Waals surface area contributed by atoms with E-state index in [1.54, 1.807) is 0 Å². The molecule has 0 saturated heterocycles. The van der Waals surface area contributed by atoms with Crippen molar-refractivity contribution < 1.29 is 0 Å². The monoisotopic (exact) mass is 381 g/mol. The molecule has 0 heterocycles. The first kappa shape index (κ1) is 18.3. The molecule has 2 heteroatoms. The minimum atomic E-state index is 0.779.